The van der Waals surface area contributed by atoms with Crippen LogP contribution in [0.2, 0.25) is 0 Å². The molecule has 0 atom stereocenters. The molecule has 1 saturated carbocycles. The lowest BCUT2D eigenvalue weighted by Crippen LogP contribution is -2.41. The summed E-state index contributed by atoms with van der Waals surface area (Å²) in [5.74, 6) is 0.668. The van der Waals surface area contributed by atoms with Crippen molar-refractivity contribution >= 4 is 0 Å². The summed E-state index contributed by atoms with van der Waals surface area (Å²) in [5, 5.41) is 7.06. The molecule has 2 N–H and O–H groups in total. The van der Waals surface area contributed by atoms with E-state index in [0.29, 0.717) is 18.9 Å². The zero-order valence-electron chi connectivity index (χ0n) is 10.9. The lowest BCUT2D eigenvalue weighted by atomic mass is 9.92. The first-order valence-corrected chi connectivity index (χ1v) is 6.02. The molecule has 3 nitrogen and oxygen atoms in total. The molecule has 0 amide bonds. The molecule has 0 aromatic rings. The zero-order valence-corrected chi connectivity index (χ0v) is 10.9. The molecule has 0 aromatic carbocycles. The van der Waals surface area contributed by atoms with Crippen molar-refractivity contribution in [2.24, 2.45) is 0 Å². The molecular formula is C12H24FN3. The van der Waals surface area contributed by atoms with Crippen LogP contribution in [0.1, 0.15) is 40.0 Å². The zero-order chi connectivity index (χ0) is 12.2. The van der Waals surface area contributed by atoms with Gasteiger partial charge in [-0.15, -0.1) is 0 Å². The van der Waals surface area contributed by atoms with Crippen molar-refractivity contribution in [3.8, 4) is 0 Å². The summed E-state index contributed by atoms with van der Waals surface area (Å²) < 4.78 is 13.8. The van der Waals surface area contributed by atoms with Crippen LogP contribution in [0.3, 0.4) is 0 Å². The third-order valence-electron chi connectivity index (χ3n) is 2.73. The molecule has 16 heavy (non-hydrogen) atoms. The Morgan fingerprint density at radius 2 is 2.00 bits per heavy atom. The van der Waals surface area contributed by atoms with Gasteiger partial charge in [0, 0.05) is 19.1 Å². The Labute approximate surface area is 98.0 Å². The molecular weight excluding hydrogens is 205 g/mol. The van der Waals surface area contributed by atoms with E-state index in [2.05, 4.69) is 31.4 Å². The maximum absolute atomic E-state index is 13.8. The van der Waals surface area contributed by atoms with Crippen molar-refractivity contribution in [1.29, 1.82) is 0 Å². The van der Waals surface area contributed by atoms with Gasteiger partial charge in [-0.3, -0.25) is 0 Å². The van der Waals surface area contributed by atoms with E-state index in [1.807, 2.05) is 0 Å². The van der Waals surface area contributed by atoms with Gasteiger partial charge < -0.3 is 10.6 Å². The van der Waals surface area contributed by atoms with E-state index in [4.69, 9.17) is 0 Å². The van der Waals surface area contributed by atoms with Crippen LogP contribution >= 0.6 is 0 Å². The smallest absolute Gasteiger partial charge is 0.130 e. The van der Waals surface area contributed by atoms with Gasteiger partial charge in [-0.2, -0.15) is 5.12 Å². The second-order valence-electron chi connectivity index (χ2n) is 5.32. The van der Waals surface area contributed by atoms with Crippen molar-refractivity contribution in [3.63, 3.8) is 0 Å². The lowest BCUT2D eigenvalue weighted by molar-refractivity contribution is 0.0574. The number of nitrogens with one attached hydrogen (secondary N) is 2. The Kier molecular flexibility index (Phi) is 4.59. The van der Waals surface area contributed by atoms with E-state index in [1.54, 1.807) is 7.05 Å². The average Bonchev–Trinajstić information content (AvgIpc) is 2.08. The molecule has 1 aliphatic carbocycles. The largest absolute Gasteiger partial charge is 0.373 e. The monoisotopic (exact) mass is 229 g/mol. The van der Waals surface area contributed by atoms with Crippen molar-refractivity contribution in [3.05, 3.63) is 11.4 Å². The van der Waals surface area contributed by atoms with Crippen molar-refractivity contribution in [1.82, 2.24) is 15.8 Å². The highest BCUT2D eigenvalue weighted by Crippen LogP contribution is 2.28. The number of hydrogen-bond acceptors (Lipinski definition) is 3. The first-order valence-electron chi connectivity index (χ1n) is 6.02. The number of allylic oxidation sites excluding steroid dienone is 1. The Balaban J connectivity index is 2.36. The summed E-state index contributed by atoms with van der Waals surface area (Å²) in [6.07, 6.45) is 3.25. The van der Waals surface area contributed by atoms with Gasteiger partial charge >= 0.3 is 0 Å². The van der Waals surface area contributed by atoms with E-state index < -0.39 is 0 Å². The van der Waals surface area contributed by atoms with Gasteiger partial charge in [0.15, 0.2) is 0 Å². The molecule has 1 aliphatic rings. The number of nitrogens with zero attached hydrogens (tertiary/aromatic N) is 1. The fraction of sp³-hybridized carbons (Fsp3) is 0.833. The van der Waals surface area contributed by atoms with Gasteiger partial charge in [-0.1, -0.05) is 4.48 Å². The second-order valence-corrected chi connectivity index (χ2v) is 5.32. The average molecular weight is 229 g/mol. The molecule has 0 unspecified atom stereocenters. The molecule has 0 heterocycles. The van der Waals surface area contributed by atoms with Crippen LogP contribution in [0, 0.1) is 0 Å². The van der Waals surface area contributed by atoms with E-state index in [-0.39, 0.29) is 5.54 Å². The van der Waals surface area contributed by atoms with Crippen LogP contribution in [0.15, 0.2) is 11.4 Å². The number of hydrogen-bond donors (Lipinski definition) is 2. The normalized spacial score (nSPS) is 15.7. The van der Waals surface area contributed by atoms with Crippen LogP contribution in [-0.4, -0.2) is 30.8 Å². The minimum Gasteiger partial charge on any atom is -0.373 e. The number of halogens is 1. The van der Waals surface area contributed by atoms with Crippen LogP contribution < -0.4 is 10.6 Å². The van der Waals surface area contributed by atoms with E-state index in [9.17, 15) is 4.48 Å². The van der Waals surface area contributed by atoms with E-state index >= 15 is 0 Å². The summed E-state index contributed by atoms with van der Waals surface area (Å²) in [4.78, 5) is 0. The number of rotatable bonds is 5. The van der Waals surface area contributed by atoms with Crippen LogP contribution in [0.5, 0.6) is 0 Å². The first-order chi connectivity index (χ1) is 7.44. The van der Waals surface area contributed by atoms with E-state index in [0.717, 1.165) is 18.0 Å². The summed E-state index contributed by atoms with van der Waals surface area (Å²) in [6, 6.07) is 0. The topological polar surface area (TPSA) is 27.3 Å². The van der Waals surface area contributed by atoms with Crippen LogP contribution in [0.25, 0.3) is 0 Å². The molecule has 0 spiro atoms. The minimum atomic E-state index is 0.0459. The second kappa shape index (κ2) is 5.53. The molecule has 94 valence electrons. The van der Waals surface area contributed by atoms with Crippen molar-refractivity contribution < 1.29 is 4.48 Å². The van der Waals surface area contributed by atoms with Gasteiger partial charge in [0.25, 0.3) is 0 Å². The van der Waals surface area contributed by atoms with Crippen LogP contribution in [-0.2, 0) is 0 Å². The molecule has 0 aromatic heterocycles. The fourth-order valence-corrected chi connectivity index (χ4v) is 1.70. The fourth-order valence-electron chi connectivity index (χ4n) is 1.70. The van der Waals surface area contributed by atoms with Crippen molar-refractivity contribution in [2.45, 2.75) is 45.6 Å². The molecule has 1 fully saturated rings. The maximum Gasteiger partial charge on any atom is 0.130 e. The molecule has 0 aliphatic heterocycles. The van der Waals surface area contributed by atoms with Gasteiger partial charge in [0.1, 0.15) is 5.82 Å². The predicted molar refractivity (Wildman–Crippen MR) is 65.5 cm³/mol. The molecule has 1 rings (SSSR count). The lowest BCUT2D eigenvalue weighted by Gasteiger charge is -2.27. The van der Waals surface area contributed by atoms with E-state index in [1.165, 1.54) is 12.0 Å². The summed E-state index contributed by atoms with van der Waals surface area (Å²) in [5.41, 5.74) is 1.25. The third kappa shape index (κ3) is 4.00. The highest BCUT2D eigenvalue weighted by atomic mass is 19.2. The Bertz CT molecular complexity index is 249. The standard InChI is InChI=1S/C12H24FN3/c1-12(2,3)15-8-9-16(13)11(14-4)10-6-5-7-10/h14-15H,5-9H2,1-4H3. The molecule has 0 radical (unpaired) electrons. The third-order valence-corrected chi connectivity index (χ3v) is 2.73. The van der Waals surface area contributed by atoms with Gasteiger partial charge in [0.05, 0.1) is 6.54 Å². The van der Waals surface area contributed by atoms with Crippen LogP contribution in [0.4, 0.5) is 4.48 Å². The highest BCUT2D eigenvalue weighted by molar-refractivity contribution is 5.16. The summed E-state index contributed by atoms with van der Waals surface area (Å²) in [6.45, 7) is 7.28. The quantitative estimate of drug-likeness (QED) is 0.708. The predicted octanol–water partition coefficient (Wildman–Crippen LogP) is 2.18. The highest BCUT2D eigenvalue weighted by Gasteiger charge is 2.19. The minimum absolute atomic E-state index is 0.0459. The van der Waals surface area contributed by atoms with Gasteiger partial charge in [0.2, 0.25) is 0 Å². The summed E-state index contributed by atoms with van der Waals surface area (Å²) in [7, 11) is 1.78. The SMILES string of the molecule is CNC(=C1CCC1)N(F)CCNC(C)(C)C. The van der Waals surface area contributed by atoms with Gasteiger partial charge in [-0.25, -0.2) is 0 Å². The van der Waals surface area contributed by atoms with Crippen molar-refractivity contribution in [2.75, 3.05) is 20.1 Å². The summed E-state index contributed by atoms with van der Waals surface area (Å²) >= 11 is 0. The molecule has 0 saturated heterocycles. The maximum atomic E-state index is 13.8. The Hall–Kier alpha value is -0.770. The molecule has 0 bridgehead atoms. The molecule has 4 heteroatoms. The Morgan fingerprint density at radius 1 is 1.38 bits per heavy atom. The Morgan fingerprint density at radius 3 is 2.38 bits per heavy atom. The first kappa shape index (κ1) is 13.3. The van der Waals surface area contributed by atoms with Gasteiger partial charge in [-0.05, 0) is 45.6 Å².